The van der Waals surface area contributed by atoms with Gasteiger partial charge in [0.05, 0.1) is 12.5 Å². The van der Waals surface area contributed by atoms with E-state index in [0.717, 1.165) is 5.56 Å². The van der Waals surface area contributed by atoms with Gasteiger partial charge in [-0.3, -0.25) is 14.4 Å². The Hall–Kier alpha value is -2.94. The van der Waals surface area contributed by atoms with E-state index < -0.39 is 30.1 Å². The van der Waals surface area contributed by atoms with Gasteiger partial charge in [-0.25, -0.2) is 4.79 Å². The zero-order valence-electron chi connectivity index (χ0n) is 16.1. The summed E-state index contributed by atoms with van der Waals surface area (Å²) in [7, 11) is 0. The smallest absolute Gasteiger partial charge is 0.407 e. The quantitative estimate of drug-likeness (QED) is 0.467. The number of Topliss-reactive ketones (excluding diaryl/α,β-unsaturated/α-hetero) is 1. The summed E-state index contributed by atoms with van der Waals surface area (Å²) in [6, 6.07) is 8.15. The topological polar surface area (TPSA) is 148 Å². The number of aliphatic hydroxyl groups excluding tert-OH is 1. The lowest BCUT2D eigenvalue weighted by atomic mass is 9.83. The van der Waals surface area contributed by atoms with Crippen molar-refractivity contribution in [2.24, 2.45) is 11.7 Å². The van der Waals surface area contributed by atoms with Crippen molar-refractivity contribution in [1.82, 2.24) is 10.6 Å². The number of amides is 3. The first kappa shape index (κ1) is 22.4. The van der Waals surface area contributed by atoms with Crippen molar-refractivity contribution in [2.45, 2.75) is 50.9 Å². The molecule has 1 aromatic rings. The molecule has 0 spiro atoms. The summed E-state index contributed by atoms with van der Waals surface area (Å²) in [6.45, 7) is -0.103. The Bertz CT molecular complexity index is 724. The van der Waals surface area contributed by atoms with Crippen LogP contribution in [0, 0.1) is 5.92 Å². The molecule has 0 aromatic heterocycles. The summed E-state index contributed by atoms with van der Waals surface area (Å²) in [5.41, 5.74) is 6.19. The lowest BCUT2D eigenvalue weighted by molar-refractivity contribution is -0.131. The Morgan fingerprint density at radius 1 is 1.24 bits per heavy atom. The minimum Gasteiger partial charge on any atom is -0.445 e. The van der Waals surface area contributed by atoms with Gasteiger partial charge < -0.3 is 26.2 Å². The summed E-state index contributed by atoms with van der Waals surface area (Å²) in [5.74, 6) is -1.59. The van der Waals surface area contributed by atoms with Gasteiger partial charge in [-0.2, -0.15) is 0 Å². The number of primary amides is 1. The number of alkyl carbamates (subject to hydrolysis) is 1. The number of hydrogen-bond donors (Lipinski definition) is 4. The lowest BCUT2D eigenvalue weighted by Gasteiger charge is -2.28. The molecule has 1 aliphatic rings. The fourth-order valence-electron chi connectivity index (χ4n) is 3.26. The fraction of sp³-hybridized carbons (Fsp3) is 0.500. The second kappa shape index (κ2) is 11.2. The maximum Gasteiger partial charge on any atom is 0.407 e. The van der Waals surface area contributed by atoms with Crippen LogP contribution in [0.1, 0.15) is 37.7 Å². The predicted octanol–water partition coefficient (Wildman–Crippen LogP) is 0.393. The van der Waals surface area contributed by atoms with Crippen molar-refractivity contribution in [3.8, 4) is 0 Å². The Morgan fingerprint density at radius 2 is 1.97 bits per heavy atom. The van der Waals surface area contributed by atoms with Crippen LogP contribution in [0.2, 0.25) is 0 Å². The average Bonchev–Trinajstić information content (AvgIpc) is 2.69. The number of nitrogens with one attached hydrogen (secondary N) is 2. The highest BCUT2D eigenvalue weighted by Gasteiger charge is 2.32. The molecule has 1 aromatic carbocycles. The number of rotatable bonds is 9. The molecule has 158 valence electrons. The van der Waals surface area contributed by atoms with Crippen molar-refractivity contribution < 1.29 is 29.0 Å². The molecule has 9 nitrogen and oxygen atoms in total. The van der Waals surface area contributed by atoms with E-state index in [1.54, 1.807) is 0 Å². The molecule has 0 radical (unpaired) electrons. The van der Waals surface area contributed by atoms with Crippen LogP contribution < -0.4 is 16.4 Å². The van der Waals surface area contributed by atoms with Crippen LogP contribution >= 0.6 is 0 Å². The molecule has 9 heteroatoms. The Labute approximate surface area is 169 Å². The number of ketones is 1. The summed E-state index contributed by atoms with van der Waals surface area (Å²) < 4.78 is 5.01. The molecule has 2 rings (SSSR count). The third-order valence-corrected chi connectivity index (χ3v) is 4.73. The van der Waals surface area contributed by atoms with E-state index in [0.29, 0.717) is 19.3 Å². The van der Waals surface area contributed by atoms with Crippen LogP contribution in [-0.4, -0.2) is 47.5 Å². The van der Waals surface area contributed by atoms with E-state index in [4.69, 9.17) is 10.5 Å². The van der Waals surface area contributed by atoms with E-state index in [-0.39, 0.29) is 37.7 Å². The highest BCUT2D eigenvalue weighted by Crippen LogP contribution is 2.24. The Balaban J connectivity index is 1.72. The van der Waals surface area contributed by atoms with Gasteiger partial charge in [-0.1, -0.05) is 30.3 Å². The van der Waals surface area contributed by atoms with Crippen LogP contribution in [0.5, 0.6) is 0 Å². The van der Waals surface area contributed by atoms with Gasteiger partial charge in [0, 0.05) is 19.4 Å². The van der Waals surface area contributed by atoms with E-state index >= 15 is 0 Å². The maximum absolute atomic E-state index is 12.1. The zero-order valence-corrected chi connectivity index (χ0v) is 16.1. The molecular weight excluding hydrogens is 378 g/mol. The monoisotopic (exact) mass is 405 g/mol. The number of nitrogens with two attached hydrogens (primary N) is 1. The molecule has 1 fully saturated rings. The highest BCUT2D eigenvalue weighted by atomic mass is 16.5. The summed E-state index contributed by atoms with van der Waals surface area (Å²) in [4.78, 5) is 47.1. The standard InChI is InChI=1S/C20H27N3O6/c21-19(27)18(14-7-4-8-15(24)9-14)23-17(26)10-16(25)11-22-20(28)29-12-13-5-2-1-3-6-13/h1-3,5-6,14,16,18,25H,4,7-12H2,(H2,21,27)(H,22,28)(H,23,26)/t14-,16-,18-/m0/s1. The summed E-state index contributed by atoms with van der Waals surface area (Å²) in [5, 5.41) is 14.8. The summed E-state index contributed by atoms with van der Waals surface area (Å²) in [6.07, 6.45) is -0.266. The number of carbonyl (C=O) groups excluding carboxylic acids is 4. The van der Waals surface area contributed by atoms with Gasteiger partial charge in [-0.15, -0.1) is 0 Å². The molecule has 1 saturated carbocycles. The highest BCUT2D eigenvalue weighted by molar-refractivity contribution is 5.88. The van der Waals surface area contributed by atoms with E-state index in [9.17, 15) is 24.3 Å². The second-order valence-electron chi connectivity index (χ2n) is 7.14. The zero-order chi connectivity index (χ0) is 21.2. The first-order chi connectivity index (χ1) is 13.8. The molecule has 0 unspecified atom stereocenters. The van der Waals surface area contributed by atoms with E-state index in [1.165, 1.54) is 0 Å². The van der Waals surface area contributed by atoms with Crippen LogP contribution in [-0.2, 0) is 25.7 Å². The van der Waals surface area contributed by atoms with Gasteiger partial charge in [0.2, 0.25) is 11.8 Å². The van der Waals surface area contributed by atoms with Crippen molar-refractivity contribution >= 4 is 23.7 Å². The minimum absolute atomic E-state index is 0.0417. The molecule has 0 heterocycles. The first-order valence-electron chi connectivity index (χ1n) is 9.58. The first-order valence-corrected chi connectivity index (χ1v) is 9.58. The van der Waals surface area contributed by atoms with Gasteiger partial charge in [0.1, 0.15) is 18.4 Å². The van der Waals surface area contributed by atoms with Gasteiger partial charge in [0.15, 0.2) is 0 Å². The third kappa shape index (κ3) is 7.90. The van der Waals surface area contributed by atoms with Crippen molar-refractivity contribution in [1.29, 1.82) is 0 Å². The molecule has 0 bridgehead atoms. The average molecular weight is 405 g/mol. The summed E-state index contributed by atoms with van der Waals surface area (Å²) >= 11 is 0. The minimum atomic E-state index is -1.17. The maximum atomic E-state index is 12.1. The number of carbonyl (C=O) groups is 4. The van der Waals surface area contributed by atoms with Crippen LogP contribution in [0.3, 0.4) is 0 Å². The molecule has 0 saturated heterocycles. The van der Waals surface area contributed by atoms with Gasteiger partial charge >= 0.3 is 6.09 Å². The van der Waals surface area contributed by atoms with Crippen LogP contribution in [0.15, 0.2) is 30.3 Å². The molecular formula is C20H27N3O6. The molecule has 3 amide bonds. The van der Waals surface area contributed by atoms with Crippen molar-refractivity contribution in [3.63, 3.8) is 0 Å². The molecule has 1 aliphatic carbocycles. The van der Waals surface area contributed by atoms with Crippen LogP contribution in [0.25, 0.3) is 0 Å². The fourth-order valence-corrected chi connectivity index (χ4v) is 3.26. The predicted molar refractivity (Wildman–Crippen MR) is 103 cm³/mol. The normalized spacial score (nSPS) is 18.4. The number of hydrogen-bond acceptors (Lipinski definition) is 6. The molecule has 29 heavy (non-hydrogen) atoms. The Kier molecular flexibility index (Phi) is 8.60. The van der Waals surface area contributed by atoms with Crippen molar-refractivity contribution in [3.05, 3.63) is 35.9 Å². The van der Waals surface area contributed by atoms with E-state index in [2.05, 4.69) is 10.6 Å². The largest absolute Gasteiger partial charge is 0.445 e. The second-order valence-corrected chi connectivity index (χ2v) is 7.14. The lowest BCUT2D eigenvalue weighted by Crippen LogP contribution is -2.51. The van der Waals surface area contributed by atoms with Gasteiger partial charge in [0.25, 0.3) is 0 Å². The van der Waals surface area contributed by atoms with Crippen LogP contribution in [0.4, 0.5) is 4.79 Å². The van der Waals surface area contributed by atoms with Gasteiger partial charge in [-0.05, 0) is 24.3 Å². The number of benzene rings is 1. The Morgan fingerprint density at radius 3 is 2.62 bits per heavy atom. The third-order valence-electron chi connectivity index (χ3n) is 4.73. The van der Waals surface area contributed by atoms with Crippen molar-refractivity contribution in [2.75, 3.05) is 6.54 Å². The van der Waals surface area contributed by atoms with E-state index in [1.807, 2.05) is 30.3 Å². The molecule has 3 atom stereocenters. The molecule has 5 N–H and O–H groups in total. The number of aliphatic hydroxyl groups is 1. The SMILES string of the molecule is NC(=O)[C@@H](NC(=O)C[C@H](O)CNC(=O)OCc1ccccc1)[C@H]1CCCC(=O)C1. The molecule has 0 aliphatic heterocycles. The number of ether oxygens (including phenoxy) is 1.